The van der Waals surface area contributed by atoms with E-state index >= 15 is 0 Å². The van der Waals surface area contributed by atoms with E-state index in [-0.39, 0.29) is 18.4 Å². The molecule has 4 heteroatoms. The lowest BCUT2D eigenvalue weighted by Gasteiger charge is -2.25. The maximum Gasteiger partial charge on any atom is 0.229 e. The van der Waals surface area contributed by atoms with Crippen LogP contribution in [-0.2, 0) is 11.3 Å². The molecule has 1 heterocycles. The van der Waals surface area contributed by atoms with Crippen LogP contribution in [0.15, 0.2) is 24.3 Å². The quantitative estimate of drug-likeness (QED) is 0.707. The molecule has 0 saturated heterocycles. The first-order chi connectivity index (χ1) is 7.83. The molecule has 1 amide bonds. The summed E-state index contributed by atoms with van der Waals surface area (Å²) in [6, 6.07) is 9.82. The maximum absolute atomic E-state index is 11.8. The van der Waals surface area contributed by atoms with Crippen molar-refractivity contribution >= 4 is 5.91 Å². The van der Waals surface area contributed by atoms with Gasteiger partial charge in [-0.05, 0) is 11.1 Å². The normalized spacial score (nSPS) is 18.3. The minimum Gasteiger partial charge on any atom is -0.342 e. The molecular formula is C12H13N3O. The lowest BCUT2D eigenvalue weighted by Crippen LogP contribution is -2.38. The molecule has 4 nitrogen and oxygen atoms in total. The predicted molar refractivity (Wildman–Crippen MR) is 59.5 cm³/mol. The first-order valence-corrected chi connectivity index (χ1v) is 5.26. The van der Waals surface area contributed by atoms with Crippen molar-refractivity contribution in [3.8, 4) is 6.07 Å². The largest absolute Gasteiger partial charge is 0.342 e. The molecule has 0 fully saturated rings. The van der Waals surface area contributed by atoms with Crippen LogP contribution in [0, 0.1) is 11.3 Å². The van der Waals surface area contributed by atoms with Gasteiger partial charge < -0.3 is 10.6 Å². The number of nitriles is 1. The zero-order chi connectivity index (χ0) is 11.4. The number of carbonyl (C=O) groups is 1. The Kier molecular flexibility index (Phi) is 3.18. The number of carbonyl (C=O) groups excluding carboxylic acids is 1. The molecule has 0 bridgehead atoms. The summed E-state index contributed by atoms with van der Waals surface area (Å²) in [6.45, 7) is 1.50. The monoisotopic (exact) mass is 215 g/mol. The lowest BCUT2D eigenvalue weighted by atomic mass is 9.90. The van der Waals surface area contributed by atoms with Crippen LogP contribution in [0.5, 0.6) is 0 Å². The fraction of sp³-hybridized carbons (Fsp3) is 0.333. The predicted octanol–water partition coefficient (Wildman–Crippen LogP) is 0.513. The zero-order valence-electron chi connectivity index (χ0n) is 8.86. The van der Waals surface area contributed by atoms with Crippen LogP contribution >= 0.6 is 0 Å². The highest BCUT2D eigenvalue weighted by Gasteiger charge is 2.25. The molecular weight excluding hydrogens is 202 g/mol. The molecule has 2 rings (SSSR count). The van der Waals surface area contributed by atoms with E-state index in [4.69, 9.17) is 5.26 Å². The average molecular weight is 215 g/mol. The van der Waals surface area contributed by atoms with Gasteiger partial charge in [-0.1, -0.05) is 24.3 Å². The summed E-state index contributed by atoms with van der Waals surface area (Å²) in [5.74, 6) is -0.264. The van der Waals surface area contributed by atoms with Gasteiger partial charge in [0.1, 0.15) is 6.54 Å². The summed E-state index contributed by atoms with van der Waals surface area (Å²) in [7, 11) is 0. The second-order valence-corrected chi connectivity index (χ2v) is 3.76. The van der Waals surface area contributed by atoms with Crippen molar-refractivity contribution in [2.24, 2.45) is 0 Å². The number of rotatable bonds is 2. The van der Waals surface area contributed by atoms with Gasteiger partial charge >= 0.3 is 0 Å². The Labute approximate surface area is 94.3 Å². The van der Waals surface area contributed by atoms with Gasteiger partial charge in [-0.25, -0.2) is 0 Å². The van der Waals surface area contributed by atoms with E-state index < -0.39 is 0 Å². The van der Waals surface area contributed by atoms with Crippen molar-refractivity contribution in [1.29, 1.82) is 5.26 Å². The number of hydrogen-bond donors (Lipinski definition) is 2. The third-order valence-corrected chi connectivity index (χ3v) is 2.75. The van der Waals surface area contributed by atoms with Crippen LogP contribution in [-0.4, -0.2) is 19.0 Å². The minimum atomic E-state index is -0.182. The highest BCUT2D eigenvalue weighted by Crippen LogP contribution is 2.23. The lowest BCUT2D eigenvalue weighted by molar-refractivity contribution is -0.122. The molecule has 2 N–H and O–H groups in total. The Bertz CT molecular complexity index is 436. The average Bonchev–Trinajstić information content (AvgIpc) is 2.35. The van der Waals surface area contributed by atoms with E-state index in [1.54, 1.807) is 0 Å². The maximum atomic E-state index is 11.8. The van der Waals surface area contributed by atoms with Crippen LogP contribution in [0.3, 0.4) is 0 Å². The highest BCUT2D eigenvalue weighted by atomic mass is 16.1. The number of hydrogen-bond acceptors (Lipinski definition) is 3. The smallest absolute Gasteiger partial charge is 0.229 e. The van der Waals surface area contributed by atoms with Gasteiger partial charge in [-0.3, -0.25) is 4.79 Å². The van der Waals surface area contributed by atoms with E-state index in [1.165, 1.54) is 0 Å². The Hall–Kier alpha value is -1.86. The Balaban J connectivity index is 2.19. The van der Waals surface area contributed by atoms with E-state index in [0.29, 0.717) is 6.54 Å². The molecule has 0 spiro atoms. The summed E-state index contributed by atoms with van der Waals surface area (Å²) in [5.41, 5.74) is 2.22. The van der Waals surface area contributed by atoms with Crippen molar-refractivity contribution in [3.63, 3.8) is 0 Å². The van der Waals surface area contributed by atoms with Crippen molar-refractivity contribution in [1.82, 2.24) is 10.6 Å². The number of nitrogens with one attached hydrogen (secondary N) is 2. The Morgan fingerprint density at radius 1 is 1.56 bits per heavy atom. The van der Waals surface area contributed by atoms with Crippen molar-refractivity contribution in [3.05, 3.63) is 35.4 Å². The number of benzene rings is 1. The molecule has 16 heavy (non-hydrogen) atoms. The number of amides is 1. The second-order valence-electron chi connectivity index (χ2n) is 3.76. The second kappa shape index (κ2) is 4.77. The molecule has 1 aromatic rings. The van der Waals surface area contributed by atoms with Crippen LogP contribution in [0.25, 0.3) is 0 Å². The molecule has 82 valence electrons. The Morgan fingerprint density at radius 2 is 2.38 bits per heavy atom. The van der Waals surface area contributed by atoms with Gasteiger partial charge in [0.2, 0.25) is 5.91 Å². The van der Waals surface area contributed by atoms with Crippen LogP contribution in [0.1, 0.15) is 17.0 Å². The molecule has 0 saturated carbocycles. The summed E-state index contributed by atoms with van der Waals surface area (Å²) in [5, 5.41) is 14.2. The SMILES string of the molecule is N#CCNC(=O)C1CNCc2ccccc21. The standard InChI is InChI=1S/C12H13N3O/c13-5-6-15-12(16)11-8-14-7-9-3-1-2-4-10(9)11/h1-4,11,14H,6-8H2,(H,15,16). The first kappa shape index (κ1) is 10.7. The van der Waals surface area contributed by atoms with Crippen LogP contribution in [0.2, 0.25) is 0 Å². The molecule has 1 unspecified atom stereocenters. The van der Waals surface area contributed by atoms with E-state index in [2.05, 4.69) is 10.6 Å². The van der Waals surface area contributed by atoms with E-state index in [0.717, 1.165) is 17.7 Å². The summed E-state index contributed by atoms with van der Waals surface area (Å²) in [4.78, 5) is 11.8. The molecule has 0 aromatic heterocycles. The van der Waals surface area contributed by atoms with Gasteiger partial charge in [-0.15, -0.1) is 0 Å². The fourth-order valence-electron chi connectivity index (χ4n) is 1.98. The van der Waals surface area contributed by atoms with E-state index in [9.17, 15) is 4.79 Å². The highest BCUT2D eigenvalue weighted by molar-refractivity contribution is 5.84. The zero-order valence-corrected chi connectivity index (χ0v) is 8.86. The molecule has 1 aromatic carbocycles. The molecule has 0 aliphatic carbocycles. The van der Waals surface area contributed by atoms with Crippen molar-refractivity contribution in [2.75, 3.05) is 13.1 Å². The Morgan fingerprint density at radius 3 is 3.19 bits per heavy atom. The molecule has 1 aliphatic rings. The molecule has 1 aliphatic heterocycles. The summed E-state index contributed by atoms with van der Waals surface area (Å²) in [6.07, 6.45) is 0. The van der Waals surface area contributed by atoms with Crippen molar-refractivity contribution in [2.45, 2.75) is 12.5 Å². The van der Waals surface area contributed by atoms with Crippen LogP contribution < -0.4 is 10.6 Å². The van der Waals surface area contributed by atoms with Gasteiger partial charge in [0.15, 0.2) is 0 Å². The van der Waals surface area contributed by atoms with Gasteiger partial charge in [0.05, 0.1) is 12.0 Å². The number of fused-ring (bicyclic) bond motifs is 1. The fourth-order valence-corrected chi connectivity index (χ4v) is 1.98. The third-order valence-electron chi connectivity index (χ3n) is 2.75. The minimum absolute atomic E-state index is 0.0670. The van der Waals surface area contributed by atoms with Gasteiger partial charge in [-0.2, -0.15) is 5.26 Å². The molecule has 1 atom stereocenters. The van der Waals surface area contributed by atoms with E-state index in [1.807, 2.05) is 30.3 Å². The van der Waals surface area contributed by atoms with Gasteiger partial charge in [0.25, 0.3) is 0 Å². The summed E-state index contributed by atoms with van der Waals surface area (Å²) < 4.78 is 0. The number of nitrogens with zero attached hydrogens (tertiary/aromatic N) is 1. The topological polar surface area (TPSA) is 64.9 Å². The van der Waals surface area contributed by atoms with Crippen molar-refractivity contribution < 1.29 is 4.79 Å². The molecule has 0 radical (unpaired) electrons. The first-order valence-electron chi connectivity index (χ1n) is 5.26. The summed E-state index contributed by atoms with van der Waals surface area (Å²) >= 11 is 0. The third kappa shape index (κ3) is 2.05. The van der Waals surface area contributed by atoms with Gasteiger partial charge in [0, 0.05) is 13.1 Å². The van der Waals surface area contributed by atoms with Crippen LogP contribution in [0.4, 0.5) is 0 Å².